The Morgan fingerprint density at radius 1 is 1.18 bits per heavy atom. The van der Waals surface area contributed by atoms with Crippen molar-refractivity contribution in [1.29, 1.82) is 0 Å². The summed E-state index contributed by atoms with van der Waals surface area (Å²) in [5.41, 5.74) is -0.188. The average molecular weight is 242 g/mol. The molecule has 2 aliphatic heterocycles. The number of carbonyl (C=O) groups is 1. The van der Waals surface area contributed by atoms with Gasteiger partial charge in [0.05, 0.1) is 13.2 Å². The maximum atomic E-state index is 12.0. The molecular weight excluding hydrogens is 220 g/mol. The standard InChI is InChI=1S/C12H22N2O3/c1-11(2,3)13-10(15)14-6-4-12(5-7-14)16-8-9-17-12/h4-9H2,1-3H3,(H,13,15). The maximum Gasteiger partial charge on any atom is 0.317 e. The van der Waals surface area contributed by atoms with Gasteiger partial charge in [0.25, 0.3) is 0 Å². The summed E-state index contributed by atoms with van der Waals surface area (Å²) in [6.07, 6.45) is 1.54. The van der Waals surface area contributed by atoms with E-state index in [-0.39, 0.29) is 11.6 Å². The molecule has 2 fully saturated rings. The van der Waals surface area contributed by atoms with E-state index in [0.717, 1.165) is 12.8 Å². The van der Waals surface area contributed by atoms with Crippen molar-refractivity contribution in [3.05, 3.63) is 0 Å². The lowest BCUT2D eigenvalue weighted by atomic mass is 10.0. The number of amides is 2. The van der Waals surface area contributed by atoms with Gasteiger partial charge < -0.3 is 19.7 Å². The molecule has 5 heteroatoms. The highest BCUT2D eigenvalue weighted by atomic mass is 16.7. The Morgan fingerprint density at radius 2 is 1.71 bits per heavy atom. The van der Waals surface area contributed by atoms with Crippen LogP contribution in [0.25, 0.3) is 0 Å². The Morgan fingerprint density at radius 3 is 2.18 bits per heavy atom. The first kappa shape index (κ1) is 12.6. The third kappa shape index (κ3) is 3.10. The van der Waals surface area contributed by atoms with Crippen LogP contribution in [0.15, 0.2) is 0 Å². The highest BCUT2D eigenvalue weighted by Crippen LogP contribution is 2.31. The summed E-state index contributed by atoms with van der Waals surface area (Å²) in [6, 6.07) is 0.00495. The van der Waals surface area contributed by atoms with Gasteiger partial charge in [0, 0.05) is 31.5 Å². The third-order valence-electron chi connectivity index (χ3n) is 3.11. The normalized spacial score (nSPS) is 24.1. The fraction of sp³-hybridized carbons (Fsp3) is 0.917. The molecule has 0 unspecified atom stereocenters. The molecule has 0 saturated carbocycles. The minimum Gasteiger partial charge on any atom is -0.347 e. The minimum atomic E-state index is -0.404. The third-order valence-corrected chi connectivity index (χ3v) is 3.11. The molecule has 2 amide bonds. The molecule has 1 N–H and O–H groups in total. The lowest BCUT2D eigenvalue weighted by Gasteiger charge is -2.38. The van der Waals surface area contributed by atoms with Crippen LogP contribution in [-0.4, -0.2) is 48.6 Å². The van der Waals surface area contributed by atoms with Gasteiger partial charge in [-0.2, -0.15) is 0 Å². The van der Waals surface area contributed by atoms with Crippen molar-refractivity contribution in [3.63, 3.8) is 0 Å². The van der Waals surface area contributed by atoms with Gasteiger partial charge in [-0.1, -0.05) is 0 Å². The molecule has 5 nitrogen and oxygen atoms in total. The molecule has 0 atom stereocenters. The van der Waals surface area contributed by atoms with Crippen LogP contribution < -0.4 is 5.32 Å². The van der Waals surface area contributed by atoms with E-state index in [1.165, 1.54) is 0 Å². The number of hydrogen-bond acceptors (Lipinski definition) is 3. The highest BCUT2D eigenvalue weighted by Gasteiger charge is 2.40. The quantitative estimate of drug-likeness (QED) is 0.697. The Balaban J connectivity index is 1.84. The van der Waals surface area contributed by atoms with Crippen LogP contribution in [0.1, 0.15) is 33.6 Å². The predicted molar refractivity (Wildman–Crippen MR) is 63.7 cm³/mol. The van der Waals surface area contributed by atoms with E-state index in [4.69, 9.17) is 9.47 Å². The number of nitrogens with zero attached hydrogens (tertiary/aromatic N) is 1. The first-order valence-electron chi connectivity index (χ1n) is 6.25. The predicted octanol–water partition coefficient (Wildman–Crippen LogP) is 1.33. The van der Waals surface area contributed by atoms with E-state index in [1.54, 1.807) is 0 Å². The SMILES string of the molecule is CC(C)(C)NC(=O)N1CCC2(CC1)OCCO2. The Kier molecular flexibility index (Phi) is 3.32. The number of rotatable bonds is 0. The van der Waals surface area contributed by atoms with Crippen LogP contribution >= 0.6 is 0 Å². The van der Waals surface area contributed by atoms with E-state index in [9.17, 15) is 4.79 Å². The van der Waals surface area contributed by atoms with Crippen molar-refractivity contribution < 1.29 is 14.3 Å². The van der Waals surface area contributed by atoms with Gasteiger partial charge in [-0.05, 0) is 20.8 Å². The van der Waals surface area contributed by atoms with Crippen LogP contribution in [0.5, 0.6) is 0 Å². The first-order valence-corrected chi connectivity index (χ1v) is 6.25. The van der Waals surface area contributed by atoms with Gasteiger partial charge in [-0.25, -0.2) is 4.79 Å². The fourth-order valence-corrected chi connectivity index (χ4v) is 2.24. The number of nitrogens with one attached hydrogen (secondary N) is 1. The van der Waals surface area contributed by atoms with Crippen LogP contribution in [0.4, 0.5) is 4.79 Å². The summed E-state index contributed by atoms with van der Waals surface area (Å²) in [4.78, 5) is 13.8. The van der Waals surface area contributed by atoms with E-state index in [1.807, 2.05) is 25.7 Å². The Labute approximate surface area is 102 Å². The van der Waals surface area contributed by atoms with Gasteiger partial charge in [-0.15, -0.1) is 0 Å². The number of carbonyl (C=O) groups excluding carboxylic acids is 1. The Bertz CT molecular complexity index is 283. The number of hydrogen-bond donors (Lipinski definition) is 1. The molecule has 0 aliphatic carbocycles. The smallest absolute Gasteiger partial charge is 0.317 e. The van der Waals surface area contributed by atoms with E-state index in [2.05, 4.69) is 5.32 Å². The summed E-state index contributed by atoms with van der Waals surface area (Å²) < 4.78 is 11.3. The molecule has 0 bridgehead atoms. The van der Waals surface area contributed by atoms with Crippen LogP contribution in [0, 0.1) is 0 Å². The zero-order valence-corrected chi connectivity index (χ0v) is 10.9. The molecule has 2 saturated heterocycles. The minimum absolute atomic E-state index is 0.00495. The van der Waals surface area contributed by atoms with Crippen LogP contribution in [-0.2, 0) is 9.47 Å². The second kappa shape index (κ2) is 4.46. The van der Waals surface area contributed by atoms with Gasteiger partial charge in [0.15, 0.2) is 5.79 Å². The van der Waals surface area contributed by atoms with Crippen molar-refractivity contribution in [3.8, 4) is 0 Å². The van der Waals surface area contributed by atoms with Crippen LogP contribution in [0.3, 0.4) is 0 Å². The molecule has 2 rings (SSSR count). The molecule has 2 aliphatic rings. The Hall–Kier alpha value is -0.810. The number of piperidine rings is 1. The van der Waals surface area contributed by atoms with E-state index in [0.29, 0.717) is 26.3 Å². The molecule has 0 radical (unpaired) electrons. The molecule has 17 heavy (non-hydrogen) atoms. The van der Waals surface area contributed by atoms with Crippen molar-refractivity contribution in [2.24, 2.45) is 0 Å². The molecule has 0 aromatic carbocycles. The number of ether oxygens (including phenoxy) is 2. The lowest BCUT2D eigenvalue weighted by Crippen LogP contribution is -2.53. The molecular formula is C12H22N2O3. The second-order valence-corrected chi connectivity index (χ2v) is 5.77. The topological polar surface area (TPSA) is 50.8 Å². The van der Waals surface area contributed by atoms with E-state index < -0.39 is 5.79 Å². The van der Waals surface area contributed by atoms with Crippen molar-refractivity contribution in [2.75, 3.05) is 26.3 Å². The summed E-state index contributed by atoms with van der Waals surface area (Å²) in [5, 5.41) is 2.97. The molecule has 2 heterocycles. The summed E-state index contributed by atoms with van der Waals surface area (Å²) >= 11 is 0. The zero-order valence-electron chi connectivity index (χ0n) is 10.9. The van der Waals surface area contributed by atoms with Crippen molar-refractivity contribution >= 4 is 6.03 Å². The van der Waals surface area contributed by atoms with Crippen LogP contribution in [0.2, 0.25) is 0 Å². The number of urea groups is 1. The molecule has 0 aromatic rings. The largest absolute Gasteiger partial charge is 0.347 e. The summed E-state index contributed by atoms with van der Waals surface area (Å²) in [7, 11) is 0. The summed E-state index contributed by atoms with van der Waals surface area (Å²) in [5.74, 6) is -0.404. The maximum absolute atomic E-state index is 12.0. The average Bonchev–Trinajstić information content (AvgIpc) is 2.65. The van der Waals surface area contributed by atoms with Gasteiger partial charge in [-0.3, -0.25) is 0 Å². The van der Waals surface area contributed by atoms with Crippen molar-refractivity contribution in [1.82, 2.24) is 10.2 Å². The first-order chi connectivity index (χ1) is 7.90. The van der Waals surface area contributed by atoms with Crippen molar-refractivity contribution in [2.45, 2.75) is 44.9 Å². The zero-order chi connectivity index (χ0) is 12.5. The molecule has 1 spiro atoms. The fourth-order valence-electron chi connectivity index (χ4n) is 2.24. The number of likely N-dealkylation sites (tertiary alicyclic amines) is 1. The summed E-state index contributed by atoms with van der Waals surface area (Å²) in [6.45, 7) is 8.70. The lowest BCUT2D eigenvalue weighted by molar-refractivity contribution is -0.181. The van der Waals surface area contributed by atoms with E-state index >= 15 is 0 Å². The second-order valence-electron chi connectivity index (χ2n) is 5.77. The monoisotopic (exact) mass is 242 g/mol. The molecule has 0 aromatic heterocycles. The van der Waals surface area contributed by atoms with Gasteiger partial charge >= 0.3 is 6.03 Å². The van der Waals surface area contributed by atoms with Gasteiger partial charge in [0.1, 0.15) is 0 Å². The highest BCUT2D eigenvalue weighted by molar-refractivity contribution is 5.75. The molecule has 98 valence electrons. The van der Waals surface area contributed by atoms with Gasteiger partial charge in [0.2, 0.25) is 0 Å².